The minimum atomic E-state index is 0.553. The van der Waals surface area contributed by atoms with Crippen LogP contribution in [0.1, 0.15) is 16.1 Å². The average molecular weight is 168 g/mol. The van der Waals surface area contributed by atoms with Crippen LogP contribution >= 0.6 is 0 Å². The highest BCUT2D eigenvalue weighted by molar-refractivity contribution is 5.75. The molecule has 0 aliphatic carbocycles. The molecule has 0 spiro atoms. The average Bonchev–Trinajstić information content (AvgIpc) is 2.47. The molecule has 0 unspecified atom stereocenters. The highest BCUT2D eigenvalue weighted by Crippen LogP contribution is 2.05. The van der Waals surface area contributed by atoms with Crippen LogP contribution in [0.25, 0.3) is 0 Å². The molecule has 1 rings (SSSR count). The van der Waals surface area contributed by atoms with Crippen molar-refractivity contribution in [3.63, 3.8) is 0 Å². The van der Waals surface area contributed by atoms with Crippen LogP contribution in [0.5, 0.6) is 0 Å². The van der Waals surface area contributed by atoms with Crippen molar-refractivity contribution in [1.82, 2.24) is 10.1 Å². The van der Waals surface area contributed by atoms with E-state index in [2.05, 4.69) is 5.16 Å². The summed E-state index contributed by atoms with van der Waals surface area (Å²) in [7, 11) is 3.94. The number of hydrogen-bond acceptors (Lipinski definition) is 4. The van der Waals surface area contributed by atoms with E-state index in [0.717, 1.165) is 19.3 Å². The zero-order valence-electron chi connectivity index (χ0n) is 7.28. The van der Waals surface area contributed by atoms with E-state index < -0.39 is 0 Å². The van der Waals surface area contributed by atoms with Gasteiger partial charge in [0.05, 0.1) is 11.8 Å². The maximum Gasteiger partial charge on any atom is 0.155 e. The van der Waals surface area contributed by atoms with E-state index in [9.17, 15) is 4.79 Å². The number of carbonyl (C=O) groups excluding carboxylic acids is 1. The van der Waals surface area contributed by atoms with Gasteiger partial charge in [0.2, 0.25) is 0 Å². The van der Waals surface area contributed by atoms with Crippen molar-refractivity contribution in [1.29, 1.82) is 0 Å². The molecule has 0 fully saturated rings. The SMILES string of the molecule is CN(C)CCc1oncc1C=O. The molecule has 12 heavy (non-hydrogen) atoms. The van der Waals surface area contributed by atoms with Crippen LogP contribution in [-0.2, 0) is 6.42 Å². The van der Waals surface area contributed by atoms with Gasteiger partial charge in [0.1, 0.15) is 5.76 Å². The molecule has 0 saturated carbocycles. The van der Waals surface area contributed by atoms with Gasteiger partial charge in [-0.05, 0) is 14.1 Å². The Morgan fingerprint density at radius 2 is 2.42 bits per heavy atom. The monoisotopic (exact) mass is 168 g/mol. The van der Waals surface area contributed by atoms with Gasteiger partial charge in [-0.2, -0.15) is 0 Å². The first-order valence-electron chi connectivity index (χ1n) is 3.77. The zero-order valence-corrected chi connectivity index (χ0v) is 7.28. The summed E-state index contributed by atoms with van der Waals surface area (Å²) in [6, 6.07) is 0. The molecule has 0 aliphatic rings. The Hall–Kier alpha value is -1.16. The molecule has 0 aliphatic heterocycles. The normalized spacial score (nSPS) is 10.6. The number of aromatic nitrogens is 1. The second-order valence-corrected chi connectivity index (χ2v) is 2.88. The molecular weight excluding hydrogens is 156 g/mol. The standard InChI is InChI=1S/C8H12N2O2/c1-10(2)4-3-8-7(6-11)5-9-12-8/h5-6H,3-4H2,1-2H3. The van der Waals surface area contributed by atoms with Gasteiger partial charge in [-0.1, -0.05) is 5.16 Å². The van der Waals surface area contributed by atoms with Gasteiger partial charge in [0, 0.05) is 13.0 Å². The van der Waals surface area contributed by atoms with Gasteiger partial charge in [0.25, 0.3) is 0 Å². The second-order valence-electron chi connectivity index (χ2n) is 2.88. The van der Waals surface area contributed by atoms with Crippen molar-refractivity contribution in [3.05, 3.63) is 17.5 Å². The Morgan fingerprint density at radius 1 is 1.67 bits per heavy atom. The first-order valence-corrected chi connectivity index (χ1v) is 3.77. The number of nitrogens with zero attached hydrogens (tertiary/aromatic N) is 2. The van der Waals surface area contributed by atoms with Gasteiger partial charge < -0.3 is 9.42 Å². The third-order valence-electron chi connectivity index (χ3n) is 1.59. The smallest absolute Gasteiger partial charge is 0.155 e. The van der Waals surface area contributed by atoms with Crippen LogP contribution in [0, 0.1) is 0 Å². The Morgan fingerprint density at radius 3 is 3.00 bits per heavy atom. The van der Waals surface area contributed by atoms with E-state index in [1.807, 2.05) is 19.0 Å². The van der Waals surface area contributed by atoms with Gasteiger partial charge in [-0.15, -0.1) is 0 Å². The number of aldehydes is 1. The van der Waals surface area contributed by atoms with Crippen LogP contribution in [0.2, 0.25) is 0 Å². The van der Waals surface area contributed by atoms with E-state index in [-0.39, 0.29) is 0 Å². The third kappa shape index (κ3) is 2.17. The largest absolute Gasteiger partial charge is 0.361 e. The minimum absolute atomic E-state index is 0.553. The molecule has 66 valence electrons. The molecule has 0 radical (unpaired) electrons. The van der Waals surface area contributed by atoms with Crippen LogP contribution < -0.4 is 0 Å². The van der Waals surface area contributed by atoms with Crippen LogP contribution in [0.4, 0.5) is 0 Å². The van der Waals surface area contributed by atoms with Gasteiger partial charge in [0.15, 0.2) is 6.29 Å². The highest BCUT2D eigenvalue weighted by atomic mass is 16.5. The van der Waals surface area contributed by atoms with Crippen LogP contribution in [0.3, 0.4) is 0 Å². The predicted octanol–water partition coefficient (Wildman–Crippen LogP) is 0.591. The van der Waals surface area contributed by atoms with Crippen molar-refractivity contribution in [2.24, 2.45) is 0 Å². The van der Waals surface area contributed by atoms with Gasteiger partial charge >= 0.3 is 0 Å². The molecule has 0 N–H and O–H groups in total. The summed E-state index contributed by atoms with van der Waals surface area (Å²) < 4.78 is 4.90. The Balaban J connectivity index is 2.56. The number of hydrogen-bond donors (Lipinski definition) is 0. The molecule has 1 aromatic rings. The van der Waals surface area contributed by atoms with Crippen LogP contribution in [-0.4, -0.2) is 37.0 Å². The molecule has 1 heterocycles. The van der Waals surface area contributed by atoms with Crippen molar-refractivity contribution in [2.45, 2.75) is 6.42 Å². The first-order chi connectivity index (χ1) is 5.74. The first kappa shape index (κ1) is 8.93. The molecule has 0 aromatic carbocycles. The van der Waals surface area contributed by atoms with E-state index in [1.165, 1.54) is 6.20 Å². The lowest BCUT2D eigenvalue weighted by Gasteiger charge is -2.06. The Labute approximate surface area is 71.1 Å². The minimum Gasteiger partial charge on any atom is -0.361 e. The van der Waals surface area contributed by atoms with Gasteiger partial charge in [-0.25, -0.2) is 0 Å². The zero-order chi connectivity index (χ0) is 8.97. The molecule has 0 saturated heterocycles. The maximum atomic E-state index is 10.4. The molecular formula is C8H12N2O2. The van der Waals surface area contributed by atoms with Crippen molar-refractivity contribution >= 4 is 6.29 Å². The van der Waals surface area contributed by atoms with Crippen molar-refractivity contribution in [2.75, 3.05) is 20.6 Å². The summed E-state index contributed by atoms with van der Waals surface area (Å²) in [5.74, 6) is 0.665. The van der Waals surface area contributed by atoms with Crippen molar-refractivity contribution in [3.8, 4) is 0 Å². The Kier molecular flexibility index (Phi) is 2.99. The topological polar surface area (TPSA) is 46.3 Å². The summed E-state index contributed by atoms with van der Waals surface area (Å²) in [5, 5.41) is 3.55. The Bertz CT molecular complexity index is 255. The van der Waals surface area contributed by atoms with E-state index >= 15 is 0 Å². The van der Waals surface area contributed by atoms with Crippen molar-refractivity contribution < 1.29 is 9.32 Å². The second kappa shape index (κ2) is 4.01. The molecule has 0 bridgehead atoms. The summed E-state index contributed by atoms with van der Waals surface area (Å²) in [4.78, 5) is 12.4. The van der Waals surface area contributed by atoms with Gasteiger partial charge in [-0.3, -0.25) is 4.79 Å². The van der Waals surface area contributed by atoms with E-state index in [1.54, 1.807) is 0 Å². The fourth-order valence-electron chi connectivity index (χ4n) is 0.883. The number of likely N-dealkylation sites (N-methyl/N-ethyl adjacent to an activating group) is 1. The summed E-state index contributed by atoms with van der Waals surface area (Å²) in [6.45, 7) is 0.857. The summed E-state index contributed by atoms with van der Waals surface area (Å²) >= 11 is 0. The maximum absolute atomic E-state index is 10.4. The quantitative estimate of drug-likeness (QED) is 0.617. The summed E-state index contributed by atoms with van der Waals surface area (Å²) in [6.07, 6.45) is 2.93. The van der Waals surface area contributed by atoms with Crippen LogP contribution in [0.15, 0.2) is 10.7 Å². The van der Waals surface area contributed by atoms with E-state index in [0.29, 0.717) is 11.3 Å². The number of rotatable bonds is 4. The summed E-state index contributed by atoms with van der Waals surface area (Å²) in [5.41, 5.74) is 0.553. The molecule has 4 nitrogen and oxygen atoms in total. The number of carbonyl (C=O) groups is 1. The van der Waals surface area contributed by atoms with E-state index in [4.69, 9.17) is 4.52 Å². The predicted molar refractivity (Wildman–Crippen MR) is 44.1 cm³/mol. The lowest BCUT2D eigenvalue weighted by molar-refractivity contribution is 0.112. The fraction of sp³-hybridized carbons (Fsp3) is 0.500. The molecule has 4 heteroatoms. The third-order valence-corrected chi connectivity index (χ3v) is 1.59. The lowest BCUT2D eigenvalue weighted by Crippen LogP contribution is -2.15. The highest BCUT2D eigenvalue weighted by Gasteiger charge is 2.06. The molecule has 0 amide bonds. The fourth-order valence-corrected chi connectivity index (χ4v) is 0.883. The molecule has 0 atom stereocenters. The lowest BCUT2D eigenvalue weighted by atomic mass is 10.2. The molecule has 1 aromatic heterocycles.